The molecule has 5 aromatic rings. The molecule has 5 rings (SSSR count). The molecule has 8 heteroatoms. The lowest BCUT2D eigenvalue weighted by molar-refractivity contribution is 0.102. The van der Waals surface area contributed by atoms with E-state index in [0.29, 0.717) is 17.9 Å². The smallest absolute Gasteiger partial charge is 0.278 e. The summed E-state index contributed by atoms with van der Waals surface area (Å²) < 4.78 is 3.44. The number of amides is 1. The first-order valence-corrected chi connectivity index (χ1v) is 10.5. The molecule has 0 aliphatic carbocycles. The number of carbonyl (C=O) groups excluding carboxylic acids is 1. The Hall–Kier alpha value is -4.59. The van der Waals surface area contributed by atoms with Gasteiger partial charge in [-0.05, 0) is 36.8 Å². The molecule has 0 bridgehead atoms. The van der Waals surface area contributed by atoms with E-state index < -0.39 is 0 Å². The van der Waals surface area contributed by atoms with Crippen molar-refractivity contribution in [3.05, 3.63) is 108 Å². The Bertz CT molecular complexity index is 1390. The molecule has 0 atom stereocenters. The van der Waals surface area contributed by atoms with Crippen molar-refractivity contribution < 1.29 is 4.79 Å². The molecule has 0 spiro atoms. The van der Waals surface area contributed by atoms with Crippen LogP contribution in [0.4, 0.5) is 5.69 Å². The molecule has 3 aromatic carbocycles. The zero-order valence-corrected chi connectivity index (χ0v) is 18.0. The maximum Gasteiger partial charge on any atom is 0.278 e. The van der Waals surface area contributed by atoms with Crippen molar-refractivity contribution in [3.8, 4) is 16.9 Å². The highest BCUT2D eigenvalue weighted by atomic mass is 16.2. The molecule has 0 radical (unpaired) electrons. The van der Waals surface area contributed by atoms with Gasteiger partial charge in [0.25, 0.3) is 5.91 Å². The minimum absolute atomic E-state index is 0.276. The number of nitrogens with one attached hydrogen (secondary N) is 1. The first kappa shape index (κ1) is 20.3. The van der Waals surface area contributed by atoms with Crippen molar-refractivity contribution in [2.45, 2.75) is 13.5 Å². The standard InChI is InChI=1S/C25H21N7O/c1-18-24(28-30-32(18)22-13-6-3-7-14-22)25(33)26-21-12-8-11-20(15-21)23-17-31(29-27-23)16-19-9-4-2-5-10-19/h2-15,17H,16H2,1H3,(H,26,33). The van der Waals surface area contributed by atoms with E-state index in [1.807, 2.05) is 98.0 Å². The average molecular weight is 435 g/mol. The van der Waals surface area contributed by atoms with Crippen molar-refractivity contribution in [3.63, 3.8) is 0 Å². The lowest BCUT2D eigenvalue weighted by Crippen LogP contribution is -2.14. The Labute approximate surface area is 190 Å². The van der Waals surface area contributed by atoms with Crippen LogP contribution in [0.15, 0.2) is 91.1 Å². The maximum absolute atomic E-state index is 12.9. The van der Waals surface area contributed by atoms with Gasteiger partial charge in [0.2, 0.25) is 0 Å². The molecule has 33 heavy (non-hydrogen) atoms. The number of rotatable bonds is 6. The van der Waals surface area contributed by atoms with Crippen LogP contribution in [0.5, 0.6) is 0 Å². The molecule has 8 nitrogen and oxygen atoms in total. The minimum atomic E-state index is -0.320. The van der Waals surface area contributed by atoms with Gasteiger partial charge < -0.3 is 5.32 Å². The predicted molar refractivity (Wildman–Crippen MR) is 125 cm³/mol. The van der Waals surface area contributed by atoms with Crippen molar-refractivity contribution >= 4 is 11.6 Å². The van der Waals surface area contributed by atoms with Crippen LogP contribution in [0.2, 0.25) is 0 Å². The summed E-state index contributed by atoms with van der Waals surface area (Å²) in [6, 6.07) is 27.2. The number of para-hydroxylation sites is 1. The van der Waals surface area contributed by atoms with E-state index in [0.717, 1.165) is 22.5 Å². The summed E-state index contributed by atoms with van der Waals surface area (Å²) in [5.41, 5.74) is 5.17. The van der Waals surface area contributed by atoms with Crippen LogP contribution in [-0.2, 0) is 6.54 Å². The van der Waals surface area contributed by atoms with Crippen molar-refractivity contribution in [1.29, 1.82) is 0 Å². The molecule has 1 amide bonds. The second-order valence-corrected chi connectivity index (χ2v) is 7.59. The van der Waals surface area contributed by atoms with Gasteiger partial charge in [-0.25, -0.2) is 9.36 Å². The Morgan fingerprint density at radius 1 is 0.879 bits per heavy atom. The van der Waals surface area contributed by atoms with E-state index >= 15 is 0 Å². The topological polar surface area (TPSA) is 90.5 Å². The highest BCUT2D eigenvalue weighted by molar-refractivity contribution is 6.03. The van der Waals surface area contributed by atoms with Crippen LogP contribution in [0.1, 0.15) is 21.7 Å². The van der Waals surface area contributed by atoms with Crippen molar-refractivity contribution in [2.24, 2.45) is 0 Å². The number of benzene rings is 3. The Morgan fingerprint density at radius 2 is 1.64 bits per heavy atom. The molecule has 2 heterocycles. The van der Waals surface area contributed by atoms with E-state index in [2.05, 4.69) is 25.9 Å². The third-order valence-electron chi connectivity index (χ3n) is 5.25. The van der Waals surface area contributed by atoms with Gasteiger partial charge in [0.05, 0.1) is 24.1 Å². The fourth-order valence-corrected chi connectivity index (χ4v) is 3.58. The summed E-state index contributed by atoms with van der Waals surface area (Å²) >= 11 is 0. The van der Waals surface area contributed by atoms with E-state index in [9.17, 15) is 4.79 Å². The molecular formula is C25H21N7O. The van der Waals surface area contributed by atoms with Gasteiger partial charge in [0, 0.05) is 11.3 Å². The average Bonchev–Trinajstić information content (AvgIpc) is 3.47. The molecule has 1 N–H and O–H groups in total. The summed E-state index contributed by atoms with van der Waals surface area (Å²) in [5.74, 6) is -0.320. The number of hydrogen-bond acceptors (Lipinski definition) is 5. The Balaban J connectivity index is 1.32. The molecule has 0 saturated heterocycles. The van der Waals surface area contributed by atoms with E-state index in [1.165, 1.54) is 0 Å². The quantitative estimate of drug-likeness (QED) is 0.433. The summed E-state index contributed by atoms with van der Waals surface area (Å²) in [6.07, 6.45) is 1.89. The summed E-state index contributed by atoms with van der Waals surface area (Å²) in [6.45, 7) is 2.46. The van der Waals surface area contributed by atoms with Gasteiger partial charge in [-0.2, -0.15) is 0 Å². The van der Waals surface area contributed by atoms with Gasteiger partial charge in [0.1, 0.15) is 5.69 Å². The Kier molecular flexibility index (Phi) is 5.47. The molecule has 0 saturated carbocycles. The summed E-state index contributed by atoms with van der Waals surface area (Å²) in [5, 5.41) is 19.6. The number of nitrogens with zero attached hydrogens (tertiary/aromatic N) is 6. The van der Waals surface area contributed by atoms with E-state index in [1.54, 1.807) is 9.36 Å². The largest absolute Gasteiger partial charge is 0.321 e. The van der Waals surface area contributed by atoms with Crippen molar-refractivity contribution in [2.75, 3.05) is 5.32 Å². The van der Waals surface area contributed by atoms with Gasteiger partial charge in [-0.15, -0.1) is 10.2 Å². The van der Waals surface area contributed by atoms with Gasteiger partial charge in [-0.1, -0.05) is 71.1 Å². The summed E-state index contributed by atoms with van der Waals surface area (Å²) in [7, 11) is 0. The predicted octanol–water partition coefficient (Wildman–Crippen LogP) is 4.13. The fraction of sp³-hybridized carbons (Fsp3) is 0.0800. The van der Waals surface area contributed by atoms with Crippen LogP contribution < -0.4 is 5.32 Å². The molecular weight excluding hydrogens is 414 g/mol. The summed E-state index contributed by atoms with van der Waals surface area (Å²) in [4.78, 5) is 12.9. The maximum atomic E-state index is 12.9. The van der Waals surface area contributed by atoms with Gasteiger partial charge in [0.15, 0.2) is 5.69 Å². The second-order valence-electron chi connectivity index (χ2n) is 7.59. The third-order valence-corrected chi connectivity index (χ3v) is 5.25. The number of anilines is 1. The third kappa shape index (κ3) is 4.40. The molecule has 0 aliphatic heterocycles. The Morgan fingerprint density at radius 3 is 2.42 bits per heavy atom. The minimum Gasteiger partial charge on any atom is -0.321 e. The first-order valence-electron chi connectivity index (χ1n) is 10.5. The number of carbonyl (C=O) groups is 1. The number of hydrogen-bond donors (Lipinski definition) is 1. The molecule has 0 aliphatic rings. The lowest BCUT2D eigenvalue weighted by atomic mass is 10.1. The lowest BCUT2D eigenvalue weighted by Gasteiger charge is -2.06. The molecule has 2 aromatic heterocycles. The molecule has 162 valence electrons. The highest BCUT2D eigenvalue weighted by Crippen LogP contribution is 2.21. The SMILES string of the molecule is Cc1c(C(=O)Nc2cccc(-c3cn(Cc4ccccc4)nn3)c2)nnn1-c1ccccc1. The molecule has 0 fully saturated rings. The van der Waals surface area contributed by atoms with E-state index in [-0.39, 0.29) is 11.6 Å². The van der Waals surface area contributed by atoms with E-state index in [4.69, 9.17) is 0 Å². The monoisotopic (exact) mass is 435 g/mol. The van der Waals surface area contributed by atoms with Crippen LogP contribution in [0, 0.1) is 6.92 Å². The van der Waals surface area contributed by atoms with Crippen LogP contribution in [0.25, 0.3) is 16.9 Å². The van der Waals surface area contributed by atoms with Crippen molar-refractivity contribution in [1.82, 2.24) is 30.0 Å². The van der Waals surface area contributed by atoms with Crippen LogP contribution >= 0.6 is 0 Å². The number of aromatic nitrogens is 6. The zero-order chi connectivity index (χ0) is 22.6. The first-order chi connectivity index (χ1) is 16.2. The van der Waals surface area contributed by atoms with Crippen LogP contribution in [0.3, 0.4) is 0 Å². The van der Waals surface area contributed by atoms with Crippen LogP contribution in [-0.4, -0.2) is 35.9 Å². The van der Waals surface area contributed by atoms with Gasteiger partial charge in [-0.3, -0.25) is 4.79 Å². The zero-order valence-electron chi connectivity index (χ0n) is 18.0. The molecule has 0 unspecified atom stereocenters. The van der Waals surface area contributed by atoms with Gasteiger partial charge >= 0.3 is 0 Å². The fourth-order valence-electron chi connectivity index (χ4n) is 3.58. The second kappa shape index (κ2) is 8.88. The highest BCUT2D eigenvalue weighted by Gasteiger charge is 2.18. The normalized spacial score (nSPS) is 10.8.